The second-order valence-electron chi connectivity index (χ2n) is 5.35. The lowest BCUT2D eigenvalue weighted by Gasteiger charge is -2.31. The highest BCUT2D eigenvalue weighted by Crippen LogP contribution is 2.28. The average molecular weight is 290 g/mol. The van der Waals surface area contributed by atoms with Crippen LogP contribution in [0.1, 0.15) is 31.5 Å². The highest BCUT2D eigenvalue weighted by atomic mass is 19.1. The maximum atomic E-state index is 13.7. The summed E-state index contributed by atoms with van der Waals surface area (Å²) >= 11 is 0. The number of amides is 2. The molecule has 2 amide bonds. The van der Waals surface area contributed by atoms with Gasteiger partial charge in [-0.2, -0.15) is 0 Å². The first-order valence-electron chi connectivity index (χ1n) is 7.36. The lowest BCUT2D eigenvalue weighted by Crippen LogP contribution is -2.44. The van der Waals surface area contributed by atoms with Crippen molar-refractivity contribution < 1.29 is 9.18 Å². The van der Waals surface area contributed by atoms with Crippen LogP contribution in [0.25, 0.3) is 11.0 Å². The minimum atomic E-state index is -0.297. The summed E-state index contributed by atoms with van der Waals surface area (Å²) in [5.74, 6) is 0.780. The number of aromatic nitrogens is 2. The molecule has 0 radical (unpaired) electrons. The number of halogens is 1. The van der Waals surface area contributed by atoms with Gasteiger partial charge in [-0.25, -0.2) is 14.2 Å². The number of fused-ring (bicyclic) bond motifs is 1. The fourth-order valence-corrected chi connectivity index (χ4v) is 2.83. The Kier molecular flexibility index (Phi) is 3.77. The smallest absolute Gasteiger partial charge is 0.317 e. The van der Waals surface area contributed by atoms with Crippen molar-refractivity contribution in [1.29, 1.82) is 0 Å². The largest absolute Gasteiger partial charge is 0.342 e. The maximum Gasteiger partial charge on any atom is 0.317 e. The number of urea groups is 1. The minimum Gasteiger partial charge on any atom is -0.342 e. The Morgan fingerprint density at radius 3 is 2.90 bits per heavy atom. The van der Waals surface area contributed by atoms with Crippen LogP contribution in [-0.4, -0.2) is 40.5 Å². The minimum absolute atomic E-state index is 0.00778. The third kappa shape index (κ3) is 2.70. The third-order valence-electron chi connectivity index (χ3n) is 3.98. The predicted molar refractivity (Wildman–Crippen MR) is 78.7 cm³/mol. The van der Waals surface area contributed by atoms with Gasteiger partial charge in [0.15, 0.2) is 5.82 Å². The van der Waals surface area contributed by atoms with E-state index in [9.17, 15) is 9.18 Å². The van der Waals surface area contributed by atoms with E-state index < -0.39 is 0 Å². The number of likely N-dealkylation sites (tertiary alicyclic amines) is 1. The lowest BCUT2D eigenvalue weighted by molar-refractivity contribution is 0.181. The average Bonchev–Trinajstić information content (AvgIpc) is 2.93. The molecule has 112 valence electrons. The molecule has 1 aromatic heterocycles. The molecule has 0 saturated carbocycles. The van der Waals surface area contributed by atoms with Crippen molar-refractivity contribution in [1.82, 2.24) is 20.2 Å². The summed E-state index contributed by atoms with van der Waals surface area (Å²) in [4.78, 5) is 21.2. The number of carbonyl (C=O) groups is 1. The number of rotatable bonds is 2. The molecule has 1 fully saturated rings. The quantitative estimate of drug-likeness (QED) is 0.893. The zero-order valence-electron chi connectivity index (χ0n) is 12.0. The van der Waals surface area contributed by atoms with Crippen LogP contribution in [0.5, 0.6) is 0 Å². The molecular weight excluding hydrogens is 271 g/mol. The van der Waals surface area contributed by atoms with E-state index in [-0.39, 0.29) is 17.8 Å². The molecule has 0 aliphatic carbocycles. The van der Waals surface area contributed by atoms with E-state index in [0.29, 0.717) is 25.2 Å². The van der Waals surface area contributed by atoms with E-state index in [1.807, 2.05) is 17.9 Å². The summed E-state index contributed by atoms with van der Waals surface area (Å²) in [6, 6.07) is 4.92. The molecule has 1 aliphatic rings. The number of nitrogens with one attached hydrogen (secondary N) is 2. The van der Waals surface area contributed by atoms with Gasteiger partial charge in [0.05, 0.1) is 5.52 Å². The maximum absolute atomic E-state index is 13.7. The molecule has 3 rings (SSSR count). The number of hydrogen-bond donors (Lipinski definition) is 2. The topological polar surface area (TPSA) is 61.0 Å². The molecule has 6 heteroatoms. The Morgan fingerprint density at radius 1 is 1.48 bits per heavy atom. The van der Waals surface area contributed by atoms with Crippen LogP contribution in [0.15, 0.2) is 18.2 Å². The van der Waals surface area contributed by atoms with Gasteiger partial charge in [0.1, 0.15) is 11.3 Å². The summed E-state index contributed by atoms with van der Waals surface area (Å²) in [5, 5.41) is 2.81. The molecule has 2 aromatic rings. The molecular formula is C15H19FN4O. The van der Waals surface area contributed by atoms with Gasteiger partial charge >= 0.3 is 6.03 Å². The van der Waals surface area contributed by atoms with Crippen LogP contribution >= 0.6 is 0 Å². The summed E-state index contributed by atoms with van der Waals surface area (Å²) in [6.07, 6.45) is 1.69. The van der Waals surface area contributed by atoms with Crippen LogP contribution in [0.2, 0.25) is 0 Å². The first-order valence-corrected chi connectivity index (χ1v) is 7.36. The van der Waals surface area contributed by atoms with Gasteiger partial charge in [-0.15, -0.1) is 0 Å². The zero-order valence-corrected chi connectivity index (χ0v) is 12.0. The Hall–Kier alpha value is -2.11. The molecule has 1 saturated heterocycles. The molecule has 1 aromatic carbocycles. The molecule has 0 atom stereocenters. The molecule has 5 nitrogen and oxygen atoms in total. The van der Waals surface area contributed by atoms with Gasteiger partial charge in [0, 0.05) is 25.6 Å². The third-order valence-corrected chi connectivity index (χ3v) is 3.98. The highest BCUT2D eigenvalue weighted by molar-refractivity contribution is 5.76. The Balaban J connectivity index is 1.71. The Labute approximate surface area is 122 Å². The van der Waals surface area contributed by atoms with E-state index in [4.69, 9.17) is 0 Å². The van der Waals surface area contributed by atoms with Crippen molar-refractivity contribution in [2.45, 2.75) is 25.7 Å². The normalized spacial score (nSPS) is 16.4. The van der Waals surface area contributed by atoms with E-state index in [1.54, 1.807) is 6.07 Å². The second kappa shape index (κ2) is 5.71. The van der Waals surface area contributed by atoms with Gasteiger partial charge in [0.2, 0.25) is 0 Å². The van der Waals surface area contributed by atoms with E-state index in [2.05, 4.69) is 15.3 Å². The van der Waals surface area contributed by atoms with Crippen molar-refractivity contribution in [3.8, 4) is 0 Å². The van der Waals surface area contributed by atoms with Gasteiger partial charge in [-0.05, 0) is 31.9 Å². The highest BCUT2D eigenvalue weighted by Gasteiger charge is 2.25. The van der Waals surface area contributed by atoms with Crippen molar-refractivity contribution >= 4 is 17.1 Å². The Morgan fingerprint density at radius 2 is 2.24 bits per heavy atom. The molecule has 2 N–H and O–H groups in total. The predicted octanol–water partition coefficient (Wildman–Crippen LogP) is 2.61. The van der Waals surface area contributed by atoms with Crippen molar-refractivity contribution in [2.75, 3.05) is 19.6 Å². The lowest BCUT2D eigenvalue weighted by atomic mass is 9.96. The number of imidazole rings is 1. The van der Waals surface area contributed by atoms with Crippen LogP contribution in [0.4, 0.5) is 9.18 Å². The number of para-hydroxylation sites is 1. The van der Waals surface area contributed by atoms with E-state index in [1.165, 1.54) is 6.07 Å². The van der Waals surface area contributed by atoms with Crippen LogP contribution in [0, 0.1) is 5.82 Å². The van der Waals surface area contributed by atoms with Crippen LogP contribution in [0.3, 0.4) is 0 Å². The molecule has 1 aliphatic heterocycles. The standard InChI is InChI=1S/C15H19FN4O/c1-2-17-15(21)20-8-6-10(7-9-20)14-18-12-5-3-4-11(16)13(12)19-14/h3-5,10H,2,6-9H2,1H3,(H,17,21)(H,18,19). The number of benzene rings is 1. The molecule has 0 bridgehead atoms. The zero-order chi connectivity index (χ0) is 14.8. The number of hydrogen-bond acceptors (Lipinski definition) is 2. The number of aromatic amines is 1. The molecule has 0 unspecified atom stereocenters. The van der Waals surface area contributed by atoms with Crippen LogP contribution < -0.4 is 5.32 Å². The second-order valence-corrected chi connectivity index (χ2v) is 5.35. The van der Waals surface area contributed by atoms with E-state index >= 15 is 0 Å². The first-order chi connectivity index (χ1) is 10.2. The van der Waals surface area contributed by atoms with E-state index in [0.717, 1.165) is 24.2 Å². The monoisotopic (exact) mass is 290 g/mol. The summed E-state index contributed by atoms with van der Waals surface area (Å²) in [6.45, 7) is 3.96. The molecule has 0 spiro atoms. The van der Waals surface area contributed by atoms with Crippen molar-refractivity contribution in [3.05, 3.63) is 29.8 Å². The number of nitrogens with zero attached hydrogens (tertiary/aromatic N) is 2. The number of carbonyl (C=O) groups excluding carboxylic acids is 1. The summed E-state index contributed by atoms with van der Waals surface area (Å²) < 4.78 is 13.7. The molecule has 2 heterocycles. The summed E-state index contributed by atoms with van der Waals surface area (Å²) in [7, 11) is 0. The van der Waals surface area contributed by atoms with Gasteiger partial charge in [-0.1, -0.05) is 6.07 Å². The Bertz CT molecular complexity index is 646. The van der Waals surface area contributed by atoms with Gasteiger partial charge in [-0.3, -0.25) is 0 Å². The van der Waals surface area contributed by atoms with Crippen molar-refractivity contribution in [2.24, 2.45) is 0 Å². The fourth-order valence-electron chi connectivity index (χ4n) is 2.83. The SMILES string of the molecule is CCNC(=O)N1CCC(c2nc3c(F)cccc3[nH]2)CC1. The summed E-state index contributed by atoms with van der Waals surface area (Å²) in [5.41, 5.74) is 1.13. The first kappa shape index (κ1) is 13.9. The van der Waals surface area contributed by atoms with Crippen LogP contribution in [-0.2, 0) is 0 Å². The van der Waals surface area contributed by atoms with Gasteiger partial charge in [0.25, 0.3) is 0 Å². The molecule has 21 heavy (non-hydrogen) atoms. The van der Waals surface area contributed by atoms with Gasteiger partial charge < -0.3 is 15.2 Å². The number of piperidine rings is 1. The van der Waals surface area contributed by atoms with Crippen molar-refractivity contribution in [3.63, 3.8) is 0 Å². The fraction of sp³-hybridized carbons (Fsp3) is 0.467. The number of H-pyrrole nitrogens is 1.